The lowest BCUT2D eigenvalue weighted by molar-refractivity contribution is 0.0742. The molecule has 1 amide bonds. The molecule has 5 rings (SSSR count). The van der Waals surface area contributed by atoms with Gasteiger partial charge in [-0.1, -0.05) is 18.2 Å². The smallest absolute Gasteiger partial charge is 0.349 e. The number of carbonyl (C=O) groups is 1. The Bertz CT molecular complexity index is 1190. The summed E-state index contributed by atoms with van der Waals surface area (Å²) < 4.78 is 5.34. The number of hydrogen-bond donors (Lipinski definition) is 0. The van der Waals surface area contributed by atoms with Crippen LogP contribution in [-0.4, -0.2) is 60.0 Å². The van der Waals surface area contributed by atoms with E-state index in [9.17, 15) is 9.59 Å². The molecule has 2 saturated heterocycles. The Morgan fingerprint density at radius 2 is 1.53 bits per heavy atom. The molecule has 4 heterocycles. The van der Waals surface area contributed by atoms with Crippen LogP contribution in [0.4, 0.5) is 11.6 Å². The summed E-state index contributed by atoms with van der Waals surface area (Å²) in [6.45, 7) is 6.34. The Hall–Kier alpha value is -3.42. The van der Waals surface area contributed by atoms with Gasteiger partial charge in [0.1, 0.15) is 28.6 Å². The molecule has 32 heavy (non-hydrogen) atoms. The Morgan fingerprint density at radius 3 is 2.25 bits per heavy atom. The van der Waals surface area contributed by atoms with E-state index >= 15 is 0 Å². The van der Waals surface area contributed by atoms with Crippen molar-refractivity contribution in [1.82, 2.24) is 14.9 Å². The van der Waals surface area contributed by atoms with Gasteiger partial charge in [0.05, 0.1) is 0 Å². The molecule has 0 radical (unpaired) electrons. The Labute approximate surface area is 186 Å². The number of piperidine rings is 1. The minimum atomic E-state index is -0.589. The van der Waals surface area contributed by atoms with Crippen molar-refractivity contribution in [2.75, 3.05) is 49.1 Å². The van der Waals surface area contributed by atoms with Crippen molar-refractivity contribution in [2.24, 2.45) is 0 Å². The molecule has 3 aromatic rings. The molecule has 2 aliphatic heterocycles. The lowest BCUT2D eigenvalue weighted by Crippen LogP contribution is -2.49. The molecule has 2 aromatic heterocycles. The zero-order valence-electron chi connectivity index (χ0n) is 18.3. The molecule has 2 aliphatic rings. The van der Waals surface area contributed by atoms with Gasteiger partial charge in [-0.3, -0.25) is 4.79 Å². The number of carbonyl (C=O) groups excluding carboxylic acids is 1. The third-order valence-corrected chi connectivity index (χ3v) is 6.25. The highest BCUT2D eigenvalue weighted by Gasteiger charge is 2.26. The molecule has 0 aliphatic carbocycles. The summed E-state index contributed by atoms with van der Waals surface area (Å²) in [5.41, 5.74) is -0.0151. The van der Waals surface area contributed by atoms with E-state index in [0.717, 1.165) is 35.9 Å². The van der Waals surface area contributed by atoms with Crippen LogP contribution in [0.5, 0.6) is 0 Å². The number of fused-ring (bicyclic) bond motifs is 1. The average molecular weight is 434 g/mol. The van der Waals surface area contributed by atoms with Crippen molar-refractivity contribution in [1.29, 1.82) is 0 Å². The summed E-state index contributed by atoms with van der Waals surface area (Å²) in [4.78, 5) is 41.0. The highest BCUT2D eigenvalue weighted by atomic mass is 16.4. The molecule has 0 saturated carbocycles. The molecular formula is C24H27N5O3. The van der Waals surface area contributed by atoms with E-state index < -0.39 is 5.63 Å². The van der Waals surface area contributed by atoms with Gasteiger partial charge in [-0.25, -0.2) is 14.8 Å². The van der Waals surface area contributed by atoms with E-state index in [-0.39, 0.29) is 11.5 Å². The fourth-order valence-corrected chi connectivity index (χ4v) is 4.50. The molecule has 8 heteroatoms. The highest BCUT2D eigenvalue weighted by molar-refractivity contribution is 5.96. The minimum Gasteiger partial charge on any atom is -0.422 e. The molecule has 0 atom stereocenters. The maximum Gasteiger partial charge on any atom is 0.349 e. The lowest BCUT2D eigenvalue weighted by atomic mass is 10.1. The Kier molecular flexibility index (Phi) is 5.51. The molecule has 0 N–H and O–H groups in total. The van der Waals surface area contributed by atoms with Gasteiger partial charge >= 0.3 is 5.63 Å². The maximum atomic E-state index is 13.0. The summed E-state index contributed by atoms with van der Waals surface area (Å²) in [7, 11) is 0. The van der Waals surface area contributed by atoms with Gasteiger partial charge in [-0.2, -0.15) is 0 Å². The van der Waals surface area contributed by atoms with Crippen molar-refractivity contribution >= 4 is 28.5 Å². The second-order valence-corrected chi connectivity index (χ2v) is 8.44. The lowest BCUT2D eigenvalue weighted by Gasteiger charge is -2.36. The van der Waals surface area contributed by atoms with E-state index in [2.05, 4.69) is 25.8 Å². The quantitative estimate of drug-likeness (QED) is 0.588. The summed E-state index contributed by atoms with van der Waals surface area (Å²) in [5.74, 6) is 2.36. The number of para-hydroxylation sites is 1. The van der Waals surface area contributed by atoms with Crippen LogP contribution in [0.25, 0.3) is 11.0 Å². The largest absolute Gasteiger partial charge is 0.422 e. The fourth-order valence-electron chi connectivity index (χ4n) is 4.50. The standard InChI is InChI=1S/C24H27N5O3/c1-17-25-21(27-9-5-2-6-10-27)16-22(26-17)28-11-13-29(14-12-28)23(30)19-15-18-7-3-4-8-20(18)32-24(19)31/h3-4,7-8,15-16H,2,5-6,9-14H2,1H3. The summed E-state index contributed by atoms with van der Waals surface area (Å²) in [6.07, 6.45) is 3.67. The maximum absolute atomic E-state index is 13.0. The predicted octanol–water partition coefficient (Wildman–Crippen LogP) is 2.84. The zero-order chi connectivity index (χ0) is 22.1. The summed E-state index contributed by atoms with van der Waals surface area (Å²) in [6, 6.07) is 10.9. The third-order valence-electron chi connectivity index (χ3n) is 6.25. The van der Waals surface area contributed by atoms with Gasteiger partial charge in [-0.05, 0) is 38.3 Å². The Balaban J connectivity index is 1.30. The molecule has 8 nitrogen and oxygen atoms in total. The van der Waals surface area contributed by atoms with Gasteiger partial charge in [0, 0.05) is 50.7 Å². The van der Waals surface area contributed by atoms with Crippen LogP contribution in [-0.2, 0) is 0 Å². The van der Waals surface area contributed by atoms with Gasteiger partial charge < -0.3 is 19.1 Å². The zero-order valence-corrected chi connectivity index (χ0v) is 18.3. The fraction of sp³-hybridized carbons (Fsp3) is 0.417. The van der Waals surface area contributed by atoms with Crippen LogP contribution in [0.3, 0.4) is 0 Å². The number of rotatable bonds is 3. The number of amides is 1. The van der Waals surface area contributed by atoms with E-state index in [4.69, 9.17) is 4.42 Å². The van der Waals surface area contributed by atoms with E-state index in [0.29, 0.717) is 31.8 Å². The number of hydrogen-bond acceptors (Lipinski definition) is 7. The van der Waals surface area contributed by atoms with E-state index in [1.165, 1.54) is 19.3 Å². The molecule has 0 spiro atoms. The number of benzene rings is 1. The first-order chi connectivity index (χ1) is 15.6. The second kappa shape index (κ2) is 8.61. The van der Waals surface area contributed by atoms with Gasteiger partial charge in [0.2, 0.25) is 0 Å². The number of anilines is 2. The first-order valence-electron chi connectivity index (χ1n) is 11.3. The molecule has 0 unspecified atom stereocenters. The summed E-state index contributed by atoms with van der Waals surface area (Å²) in [5, 5.41) is 0.746. The molecule has 0 bridgehead atoms. The number of aromatic nitrogens is 2. The number of nitrogens with zero attached hydrogens (tertiary/aromatic N) is 5. The highest BCUT2D eigenvalue weighted by Crippen LogP contribution is 2.23. The topological polar surface area (TPSA) is 82.8 Å². The van der Waals surface area contributed by atoms with Crippen molar-refractivity contribution in [3.05, 3.63) is 58.2 Å². The SMILES string of the molecule is Cc1nc(N2CCCCC2)cc(N2CCN(C(=O)c3cc4ccccc4oc3=O)CC2)n1. The summed E-state index contributed by atoms with van der Waals surface area (Å²) >= 11 is 0. The molecule has 2 fully saturated rings. The van der Waals surface area contributed by atoms with Crippen LogP contribution in [0, 0.1) is 6.92 Å². The molecule has 1 aromatic carbocycles. The average Bonchev–Trinajstić information content (AvgIpc) is 2.83. The van der Waals surface area contributed by atoms with E-state index in [1.807, 2.05) is 19.1 Å². The number of piperazine rings is 1. The predicted molar refractivity (Wildman–Crippen MR) is 123 cm³/mol. The van der Waals surface area contributed by atoms with Gasteiger partial charge in [0.25, 0.3) is 5.91 Å². The van der Waals surface area contributed by atoms with Crippen molar-refractivity contribution in [3.63, 3.8) is 0 Å². The second-order valence-electron chi connectivity index (χ2n) is 8.44. The van der Waals surface area contributed by atoms with Crippen molar-refractivity contribution in [3.8, 4) is 0 Å². The first kappa shape index (κ1) is 20.5. The molecular weight excluding hydrogens is 406 g/mol. The third kappa shape index (κ3) is 4.04. The van der Waals surface area contributed by atoms with Crippen molar-refractivity contribution in [2.45, 2.75) is 26.2 Å². The van der Waals surface area contributed by atoms with Crippen LogP contribution < -0.4 is 15.4 Å². The first-order valence-corrected chi connectivity index (χ1v) is 11.3. The normalized spacial score (nSPS) is 17.1. The van der Waals surface area contributed by atoms with Gasteiger partial charge in [0.15, 0.2) is 0 Å². The Morgan fingerprint density at radius 1 is 0.875 bits per heavy atom. The van der Waals surface area contributed by atoms with Crippen LogP contribution in [0.15, 0.2) is 45.6 Å². The minimum absolute atomic E-state index is 0.0856. The van der Waals surface area contributed by atoms with Crippen LogP contribution >= 0.6 is 0 Å². The van der Waals surface area contributed by atoms with Crippen LogP contribution in [0.1, 0.15) is 35.4 Å². The van der Waals surface area contributed by atoms with E-state index in [1.54, 1.807) is 23.1 Å². The molecule has 166 valence electrons. The van der Waals surface area contributed by atoms with Crippen molar-refractivity contribution < 1.29 is 9.21 Å². The monoisotopic (exact) mass is 433 g/mol. The number of aryl methyl sites for hydroxylation is 1. The van der Waals surface area contributed by atoms with Gasteiger partial charge in [-0.15, -0.1) is 0 Å². The van der Waals surface area contributed by atoms with Crippen LogP contribution in [0.2, 0.25) is 0 Å².